The Labute approximate surface area is 122 Å². The van der Waals surface area contributed by atoms with Crippen LogP contribution >= 0.6 is 11.6 Å². The van der Waals surface area contributed by atoms with Crippen LogP contribution in [0.25, 0.3) is 10.8 Å². The molecule has 1 atom stereocenters. The van der Waals surface area contributed by atoms with Crippen molar-refractivity contribution in [2.24, 2.45) is 5.92 Å². The van der Waals surface area contributed by atoms with E-state index in [2.05, 4.69) is 9.97 Å². The lowest BCUT2D eigenvalue weighted by atomic mass is 9.89. The molecule has 1 aliphatic rings. The van der Waals surface area contributed by atoms with Crippen LogP contribution in [0.5, 0.6) is 5.88 Å². The quantitative estimate of drug-likeness (QED) is 0.879. The Hall–Kier alpha value is -1.39. The normalized spacial score (nSPS) is 18.0. The summed E-state index contributed by atoms with van der Waals surface area (Å²) in [7, 11) is 0. The highest BCUT2D eigenvalue weighted by Crippen LogP contribution is 2.47. The predicted octanol–water partition coefficient (Wildman–Crippen LogP) is 3.30. The lowest BCUT2D eigenvalue weighted by Gasteiger charge is -2.25. The maximum atomic E-state index is 10.8. The SMILES string of the molecule is CCOc1ncc([C@](C)(O)C2CC2)c2cc(Cl)ncc12. The van der Waals surface area contributed by atoms with Crippen molar-refractivity contribution in [3.63, 3.8) is 0 Å². The average Bonchev–Trinajstić information content (AvgIpc) is 3.23. The van der Waals surface area contributed by atoms with Crippen molar-refractivity contribution in [1.82, 2.24) is 9.97 Å². The molecule has 1 saturated carbocycles. The van der Waals surface area contributed by atoms with Crippen molar-refractivity contribution < 1.29 is 9.84 Å². The Bertz CT molecular complexity index is 654. The van der Waals surface area contributed by atoms with E-state index in [0.29, 0.717) is 17.6 Å². The van der Waals surface area contributed by atoms with Crippen LogP contribution in [-0.2, 0) is 5.60 Å². The Morgan fingerprint density at radius 3 is 2.75 bits per heavy atom. The van der Waals surface area contributed by atoms with Gasteiger partial charge >= 0.3 is 0 Å². The van der Waals surface area contributed by atoms with Gasteiger partial charge in [-0.3, -0.25) is 0 Å². The summed E-state index contributed by atoms with van der Waals surface area (Å²) in [4.78, 5) is 8.44. The highest BCUT2D eigenvalue weighted by Gasteiger charge is 2.42. The van der Waals surface area contributed by atoms with Crippen LogP contribution < -0.4 is 4.74 Å². The minimum Gasteiger partial charge on any atom is -0.477 e. The Morgan fingerprint density at radius 2 is 2.10 bits per heavy atom. The summed E-state index contributed by atoms with van der Waals surface area (Å²) in [6, 6.07) is 1.77. The molecular formula is C15H17ClN2O2. The van der Waals surface area contributed by atoms with Crippen molar-refractivity contribution in [2.75, 3.05) is 6.61 Å². The van der Waals surface area contributed by atoms with Crippen LogP contribution in [0.3, 0.4) is 0 Å². The average molecular weight is 293 g/mol. The van der Waals surface area contributed by atoms with Gasteiger partial charge in [-0.2, -0.15) is 0 Å². The van der Waals surface area contributed by atoms with E-state index in [4.69, 9.17) is 16.3 Å². The van der Waals surface area contributed by atoms with Crippen LogP contribution in [0.1, 0.15) is 32.3 Å². The first-order valence-corrected chi connectivity index (χ1v) is 7.21. The van der Waals surface area contributed by atoms with Gasteiger partial charge in [-0.1, -0.05) is 11.6 Å². The van der Waals surface area contributed by atoms with Crippen LogP contribution in [0.4, 0.5) is 0 Å². The zero-order chi connectivity index (χ0) is 14.3. The molecular weight excluding hydrogens is 276 g/mol. The van der Waals surface area contributed by atoms with Gasteiger partial charge in [0.05, 0.1) is 17.6 Å². The third kappa shape index (κ3) is 2.23. The topological polar surface area (TPSA) is 55.2 Å². The van der Waals surface area contributed by atoms with Crippen molar-refractivity contribution in [3.05, 3.63) is 29.2 Å². The number of halogens is 1. The highest BCUT2D eigenvalue weighted by molar-refractivity contribution is 6.30. The minimum atomic E-state index is -0.888. The summed E-state index contributed by atoms with van der Waals surface area (Å²) in [5.41, 5.74) is -0.0940. The van der Waals surface area contributed by atoms with E-state index < -0.39 is 5.60 Å². The lowest BCUT2D eigenvalue weighted by molar-refractivity contribution is 0.0342. The molecule has 0 radical (unpaired) electrons. The zero-order valence-electron chi connectivity index (χ0n) is 11.6. The number of hydrogen-bond donors (Lipinski definition) is 1. The van der Waals surface area contributed by atoms with E-state index in [1.807, 2.05) is 13.8 Å². The van der Waals surface area contributed by atoms with Crippen molar-refractivity contribution in [3.8, 4) is 5.88 Å². The second kappa shape index (κ2) is 4.86. The third-order valence-corrected chi connectivity index (χ3v) is 4.11. The number of nitrogens with zero attached hydrogens (tertiary/aromatic N) is 2. The summed E-state index contributed by atoms with van der Waals surface area (Å²) in [5.74, 6) is 0.819. The first-order chi connectivity index (χ1) is 9.54. The van der Waals surface area contributed by atoms with Crippen LogP contribution in [0.15, 0.2) is 18.5 Å². The molecule has 0 unspecified atom stereocenters. The van der Waals surface area contributed by atoms with Crippen LogP contribution in [0.2, 0.25) is 5.15 Å². The van der Waals surface area contributed by atoms with E-state index in [0.717, 1.165) is 29.2 Å². The first-order valence-electron chi connectivity index (χ1n) is 6.84. The molecule has 0 amide bonds. The van der Waals surface area contributed by atoms with Gasteiger partial charge < -0.3 is 9.84 Å². The fraction of sp³-hybridized carbons (Fsp3) is 0.467. The first kappa shape index (κ1) is 13.6. The van der Waals surface area contributed by atoms with E-state index in [1.165, 1.54) is 0 Å². The Balaban J connectivity index is 2.22. The molecule has 4 nitrogen and oxygen atoms in total. The number of rotatable bonds is 4. The molecule has 1 N–H and O–H groups in total. The van der Waals surface area contributed by atoms with Gasteiger partial charge in [0.25, 0.3) is 0 Å². The van der Waals surface area contributed by atoms with Gasteiger partial charge in [-0.15, -0.1) is 0 Å². The second-order valence-electron chi connectivity index (χ2n) is 5.38. The molecule has 3 rings (SSSR count). The summed E-state index contributed by atoms with van der Waals surface area (Å²) in [6.45, 7) is 4.28. The number of ether oxygens (including phenoxy) is 1. The molecule has 0 bridgehead atoms. The van der Waals surface area contributed by atoms with Gasteiger partial charge in [0.1, 0.15) is 5.15 Å². The van der Waals surface area contributed by atoms with E-state index in [-0.39, 0.29) is 5.92 Å². The summed E-state index contributed by atoms with van der Waals surface area (Å²) in [6.07, 6.45) is 5.44. The molecule has 5 heteroatoms. The van der Waals surface area contributed by atoms with Gasteiger partial charge in [0.2, 0.25) is 5.88 Å². The number of fused-ring (bicyclic) bond motifs is 1. The molecule has 20 heavy (non-hydrogen) atoms. The lowest BCUT2D eigenvalue weighted by Crippen LogP contribution is -2.24. The maximum absolute atomic E-state index is 10.8. The molecule has 0 aliphatic heterocycles. The smallest absolute Gasteiger partial charge is 0.222 e. The van der Waals surface area contributed by atoms with Crippen molar-refractivity contribution in [1.29, 1.82) is 0 Å². The zero-order valence-corrected chi connectivity index (χ0v) is 12.3. The maximum Gasteiger partial charge on any atom is 0.222 e. The predicted molar refractivity (Wildman–Crippen MR) is 78.0 cm³/mol. The second-order valence-corrected chi connectivity index (χ2v) is 5.77. The van der Waals surface area contributed by atoms with Gasteiger partial charge in [-0.25, -0.2) is 9.97 Å². The molecule has 0 saturated heterocycles. The number of hydrogen-bond acceptors (Lipinski definition) is 4. The van der Waals surface area contributed by atoms with E-state index >= 15 is 0 Å². The largest absolute Gasteiger partial charge is 0.477 e. The molecule has 2 aromatic heterocycles. The van der Waals surface area contributed by atoms with Crippen molar-refractivity contribution >= 4 is 22.4 Å². The summed E-state index contributed by atoms with van der Waals surface area (Å²) in [5, 5.41) is 12.8. The van der Waals surface area contributed by atoms with Crippen LogP contribution in [-0.4, -0.2) is 21.7 Å². The molecule has 2 aromatic rings. The van der Waals surface area contributed by atoms with Gasteiger partial charge in [0.15, 0.2) is 0 Å². The number of aliphatic hydroxyl groups is 1. The van der Waals surface area contributed by atoms with Crippen LogP contribution in [0, 0.1) is 5.92 Å². The van der Waals surface area contributed by atoms with E-state index in [1.54, 1.807) is 18.5 Å². The minimum absolute atomic E-state index is 0.289. The van der Waals surface area contributed by atoms with Gasteiger partial charge in [0, 0.05) is 18.0 Å². The standard InChI is InChI=1S/C15H17ClN2O2/c1-3-20-14-11-7-17-13(16)6-10(11)12(8-18-14)15(2,19)9-4-5-9/h6-9,19H,3-5H2,1-2H3/t15-/m1/s1. The monoisotopic (exact) mass is 292 g/mol. The summed E-state index contributed by atoms with van der Waals surface area (Å²) >= 11 is 6.01. The Morgan fingerprint density at radius 1 is 1.35 bits per heavy atom. The highest BCUT2D eigenvalue weighted by atomic mass is 35.5. The fourth-order valence-corrected chi connectivity index (χ4v) is 2.76. The molecule has 0 spiro atoms. The number of pyridine rings is 2. The molecule has 2 heterocycles. The molecule has 106 valence electrons. The van der Waals surface area contributed by atoms with Crippen molar-refractivity contribution in [2.45, 2.75) is 32.3 Å². The Kier molecular flexibility index (Phi) is 3.30. The molecule has 0 aromatic carbocycles. The third-order valence-electron chi connectivity index (χ3n) is 3.90. The fourth-order valence-electron chi connectivity index (χ4n) is 2.61. The van der Waals surface area contributed by atoms with E-state index in [9.17, 15) is 5.11 Å². The van der Waals surface area contributed by atoms with Gasteiger partial charge in [-0.05, 0) is 44.1 Å². The molecule has 1 aliphatic carbocycles. The number of aromatic nitrogens is 2. The molecule has 1 fully saturated rings. The summed E-state index contributed by atoms with van der Waals surface area (Å²) < 4.78 is 5.53.